The number of rotatable bonds is 7. The summed E-state index contributed by atoms with van der Waals surface area (Å²) in [6, 6.07) is 0. The predicted octanol–water partition coefficient (Wildman–Crippen LogP) is -0.736. The molecule has 0 aliphatic rings. The maximum absolute atomic E-state index is 11.4. The van der Waals surface area contributed by atoms with Crippen molar-refractivity contribution >= 4 is 10.0 Å². The Morgan fingerprint density at radius 1 is 1.56 bits per heavy atom. The Balaban J connectivity index is 2.33. The Bertz CT molecular complexity index is 413. The lowest BCUT2D eigenvalue weighted by Gasteiger charge is -2.05. The summed E-state index contributed by atoms with van der Waals surface area (Å²) in [6.45, 7) is 0.221. The maximum Gasteiger partial charge on any atom is 0.211 e. The third-order valence-corrected chi connectivity index (χ3v) is 3.63. The van der Waals surface area contributed by atoms with Gasteiger partial charge in [-0.25, -0.2) is 18.1 Å². The molecule has 0 amide bonds. The van der Waals surface area contributed by atoms with Crippen LogP contribution in [0.25, 0.3) is 0 Å². The van der Waals surface area contributed by atoms with E-state index in [4.69, 9.17) is 5.11 Å². The van der Waals surface area contributed by atoms with Crippen LogP contribution in [0.15, 0.2) is 12.4 Å². The lowest BCUT2D eigenvalue weighted by Crippen LogP contribution is -2.29. The molecule has 1 heterocycles. The maximum atomic E-state index is 11.4. The molecular formula is C9H17N3O3S. The number of nitrogens with zero attached hydrogens (tertiary/aromatic N) is 2. The quantitative estimate of drug-likeness (QED) is 0.665. The molecular weight excluding hydrogens is 230 g/mol. The third-order valence-electron chi connectivity index (χ3n) is 2.16. The summed E-state index contributed by atoms with van der Waals surface area (Å²) in [7, 11) is -1.39. The molecule has 7 heteroatoms. The molecule has 0 unspecified atom stereocenters. The van der Waals surface area contributed by atoms with Crippen molar-refractivity contribution in [1.29, 1.82) is 0 Å². The molecule has 16 heavy (non-hydrogen) atoms. The SMILES string of the molecule is Cn1ccnc1CCNS(=O)(=O)CCCO. The number of aliphatic hydroxyl groups excluding tert-OH is 1. The van der Waals surface area contributed by atoms with Crippen molar-refractivity contribution in [2.45, 2.75) is 12.8 Å². The molecule has 0 bridgehead atoms. The van der Waals surface area contributed by atoms with E-state index in [-0.39, 0.29) is 18.8 Å². The van der Waals surface area contributed by atoms with Gasteiger partial charge in [0.15, 0.2) is 0 Å². The van der Waals surface area contributed by atoms with Gasteiger partial charge >= 0.3 is 0 Å². The second-order valence-electron chi connectivity index (χ2n) is 3.49. The fourth-order valence-corrected chi connectivity index (χ4v) is 2.35. The van der Waals surface area contributed by atoms with E-state index in [2.05, 4.69) is 9.71 Å². The van der Waals surface area contributed by atoms with Crippen LogP contribution in [0.3, 0.4) is 0 Å². The van der Waals surface area contributed by atoms with E-state index in [0.717, 1.165) is 5.82 Å². The van der Waals surface area contributed by atoms with Gasteiger partial charge in [0.1, 0.15) is 5.82 Å². The number of aromatic nitrogens is 2. The number of hydrogen-bond acceptors (Lipinski definition) is 4. The minimum atomic E-state index is -3.26. The fraction of sp³-hybridized carbons (Fsp3) is 0.667. The van der Waals surface area contributed by atoms with Crippen LogP contribution in [-0.4, -0.2) is 42.0 Å². The highest BCUT2D eigenvalue weighted by molar-refractivity contribution is 7.89. The van der Waals surface area contributed by atoms with E-state index in [1.165, 1.54) is 0 Å². The normalized spacial score (nSPS) is 11.9. The summed E-state index contributed by atoms with van der Waals surface area (Å²) >= 11 is 0. The summed E-state index contributed by atoms with van der Waals surface area (Å²) in [4.78, 5) is 4.09. The van der Waals surface area contributed by atoms with Crippen molar-refractivity contribution in [2.24, 2.45) is 7.05 Å². The average Bonchev–Trinajstić information content (AvgIpc) is 2.62. The molecule has 0 saturated carbocycles. The van der Waals surface area contributed by atoms with Crippen molar-refractivity contribution in [2.75, 3.05) is 18.9 Å². The van der Waals surface area contributed by atoms with Crippen LogP contribution in [0.1, 0.15) is 12.2 Å². The number of nitrogens with one attached hydrogen (secondary N) is 1. The zero-order valence-corrected chi connectivity index (χ0v) is 10.1. The first-order chi connectivity index (χ1) is 7.55. The second kappa shape index (κ2) is 5.97. The smallest absolute Gasteiger partial charge is 0.211 e. The van der Waals surface area contributed by atoms with Crippen molar-refractivity contribution in [3.05, 3.63) is 18.2 Å². The van der Waals surface area contributed by atoms with Gasteiger partial charge in [-0.15, -0.1) is 0 Å². The topological polar surface area (TPSA) is 84.2 Å². The largest absolute Gasteiger partial charge is 0.396 e. The van der Waals surface area contributed by atoms with E-state index >= 15 is 0 Å². The Labute approximate surface area is 95.4 Å². The van der Waals surface area contributed by atoms with E-state index in [0.29, 0.717) is 13.0 Å². The van der Waals surface area contributed by atoms with Crippen LogP contribution in [0.5, 0.6) is 0 Å². The van der Waals surface area contributed by atoms with E-state index in [9.17, 15) is 8.42 Å². The molecule has 1 aromatic heterocycles. The molecule has 2 N–H and O–H groups in total. The summed E-state index contributed by atoms with van der Waals surface area (Å²) in [5.74, 6) is 0.800. The number of aliphatic hydroxyl groups is 1. The van der Waals surface area contributed by atoms with Crippen molar-refractivity contribution in [1.82, 2.24) is 14.3 Å². The Morgan fingerprint density at radius 2 is 2.31 bits per heavy atom. The molecule has 1 rings (SSSR count). The van der Waals surface area contributed by atoms with Gasteiger partial charge in [0, 0.05) is 39.0 Å². The van der Waals surface area contributed by atoms with Crippen LogP contribution in [-0.2, 0) is 23.5 Å². The van der Waals surface area contributed by atoms with Crippen molar-refractivity contribution < 1.29 is 13.5 Å². The van der Waals surface area contributed by atoms with Crippen molar-refractivity contribution in [3.8, 4) is 0 Å². The molecule has 0 aliphatic heterocycles. The van der Waals surface area contributed by atoms with Crippen LogP contribution in [0.4, 0.5) is 0 Å². The predicted molar refractivity (Wildman–Crippen MR) is 60.4 cm³/mol. The van der Waals surface area contributed by atoms with Gasteiger partial charge in [-0.1, -0.05) is 0 Å². The number of aryl methyl sites for hydroxylation is 1. The van der Waals surface area contributed by atoms with Crippen LogP contribution < -0.4 is 4.72 Å². The number of hydrogen-bond donors (Lipinski definition) is 2. The highest BCUT2D eigenvalue weighted by atomic mass is 32.2. The zero-order chi connectivity index (χ0) is 12.0. The number of imidazole rings is 1. The minimum absolute atomic E-state index is 0.0376. The molecule has 0 spiro atoms. The van der Waals surface area contributed by atoms with Gasteiger partial charge in [-0.2, -0.15) is 0 Å². The van der Waals surface area contributed by atoms with Gasteiger partial charge < -0.3 is 9.67 Å². The van der Waals surface area contributed by atoms with Gasteiger partial charge in [0.05, 0.1) is 5.75 Å². The van der Waals surface area contributed by atoms with Crippen molar-refractivity contribution in [3.63, 3.8) is 0 Å². The Kier molecular flexibility index (Phi) is 4.91. The van der Waals surface area contributed by atoms with E-state index in [1.54, 1.807) is 6.20 Å². The third kappa shape index (κ3) is 4.30. The van der Waals surface area contributed by atoms with Crippen LogP contribution >= 0.6 is 0 Å². The van der Waals surface area contributed by atoms with E-state index in [1.807, 2.05) is 17.8 Å². The monoisotopic (exact) mass is 247 g/mol. The van der Waals surface area contributed by atoms with Gasteiger partial charge in [0.25, 0.3) is 0 Å². The molecule has 92 valence electrons. The van der Waals surface area contributed by atoms with Gasteiger partial charge in [-0.3, -0.25) is 0 Å². The highest BCUT2D eigenvalue weighted by Gasteiger charge is 2.09. The molecule has 0 atom stereocenters. The Morgan fingerprint density at radius 3 is 2.88 bits per heavy atom. The number of sulfonamides is 1. The fourth-order valence-electron chi connectivity index (χ4n) is 1.28. The summed E-state index contributed by atoms with van der Waals surface area (Å²) < 4.78 is 27.0. The van der Waals surface area contributed by atoms with Crippen LogP contribution in [0, 0.1) is 0 Å². The van der Waals surface area contributed by atoms with Crippen LogP contribution in [0.2, 0.25) is 0 Å². The lowest BCUT2D eigenvalue weighted by atomic mass is 10.4. The van der Waals surface area contributed by atoms with Gasteiger partial charge in [0.2, 0.25) is 10.0 Å². The lowest BCUT2D eigenvalue weighted by molar-refractivity contribution is 0.295. The van der Waals surface area contributed by atoms with E-state index < -0.39 is 10.0 Å². The van der Waals surface area contributed by atoms with Gasteiger partial charge in [-0.05, 0) is 6.42 Å². The standard InChI is InChI=1S/C9H17N3O3S/c1-12-6-5-10-9(12)3-4-11-16(14,15)8-2-7-13/h5-6,11,13H,2-4,7-8H2,1H3. The first kappa shape index (κ1) is 13.1. The zero-order valence-electron chi connectivity index (χ0n) is 9.26. The second-order valence-corrected chi connectivity index (χ2v) is 5.42. The first-order valence-electron chi connectivity index (χ1n) is 5.09. The molecule has 0 aromatic carbocycles. The molecule has 0 aliphatic carbocycles. The molecule has 6 nitrogen and oxygen atoms in total. The minimum Gasteiger partial charge on any atom is -0.396 e. The summed E-state index contributed by atoms with van der Waals surface area (Å²) in [6.07, 6.45) is 4.31. The summed E-state index contributed by atoms with van der Waals surface area (Å²) in [5, 5.41) is 8.54. The molecule has 0 fully saturated rings. The first-order valence-corrected chi connectivity index (χ1v) is 6.75. The highest BCUT2D eigenvalue weighted by Crippen LogP contribution is 1.95. The average molecular weight is 247 g/mol. The Hall–Kier alpha value is -0.920. The summed E-state index contributed by atoms with van der Waals surface area (Å²) in [5.41, 5.74) is 0. The molecule has 0 radical (unpaired) electrons. The molecule has 0 saturated heterocycles. The molecule has 1 aromatic rings.